The molecule has 0 saturated carbocycles. The zero-order valence-electron chi connectivity index (χ0n) is 34.9. The van der Waals surface area contributed by atoms with Crippen LogP contribution in [0.5, 0.6) is 34.5 Å². The second-order valence-corrected chi connectivity index (χ2v) is 16.3. The molecule has 0 amide bonds. The highest BCUT2D eigenvalue weighted by Crippen LogP contribution is 2.36. The number of nitrogens with zero attached hydrogens (tertiary/aromatic N) is 6. The van der Waals surface area contributed by atoms with E-state index in [1.54, 1.807) is 12.4 Å². The van der Waals surface area contributed by atoms with E-state index in [1.165, 1.54) is 0 Å². The van der Waals surface area contributed by atoms with Gasteiger partial charge in [-0.05, 0) is 151 Å². The van der Waals surface area contributed by atoms with E-state index in [1.807, 2.05) is 97.3 Å². The van der Waals surface area contributed by atoms with Crippen molar-refractivity contribution in [3.8, 4) is 46.6 Å². The number of nitrogens with one attached hydrogen (secondary N) is 2. The third-order valence-electron chi connectivity index (χ3n) is 12.0. The topological polar surface area (TPSA) is 148 Å². The molecule has 12 nitrogen and oxygen atoms in total. The van der Waals surface area contributed by atoms with Gasteiger partial charge >= 0.3 is 0 Å². The molecule has 2 fully saturated rings. The van der Waals surface area contributed by atoms with Crippen molar-refractivity contribution in [1.82, 2.24) is 29.7 Å². The molecule has 0 radical (unpaired) electrons. The molecule has 0 atom stereocenters. The van der Waals surface area contributed by atoms with Gasteiger partial charge in [0, 0.05) is 69.5 Å². The summed E-state index contributed by atoms with van der Waals surface area (Å²) in [6, 6.07) is 31.4. The number of pyridine rings is 2. The lowest BCUT2D eigenvalue weighted by Crippen LogP contribution is -2.32. The van der Waals surface area contributed by atoms with Crippen LogP contribution in [0.2, 0.25) is 0 Å². The van der Waals surface area contributed by atoms with E-state index in [0.29, 0.717) is 59.2 Å². The van der Waals surface area contributed by atoms with Crippen LogP contribution in [0.15, 0.2) is 110 Å². The highest BCUT2D eigenvalue weighted by molar-refractivity contribution is 5.90. The molecule has 2 N–H and O–H groups in total. The van der Waals surface area contributed by atoms with Crippen LogP contribution < -0.4 is 18.9 Å². The van der Waals surface area contributed by atoms with Crippen LogP contribution in [0.4, 0.5) is 0 Å². The Balaban J connectivity index is 0.000000158. The molecule has 2 aliphatic rings. The lowest BCUT2D eigenvalue weighted by Gasteiger charge is -2.28. The summed E-state index contributed by atoms with van der Waals surface area (Å²) in [5.41, 5.74) is 4.61. The Kier molecular flexibility index (Phi) is 11.9. The summed E-state index contributed by atoms with van der Waals surface area (Å²) in [7, 11) is 4.30. The summed E-state index contributed by atoms with van der Waals surface area (Å²) < 4.78 is 24.5. The number of nitriles is 2. The van der Waals surface area contributed by atoms with Gasteiger partial charge in [0.25, 0.3) is 0 Å². The van der Waals surface area contributed by atoms with Crippen molar-refractivity contribution in [2.24, 2.45) is 11.8 Å². The van der Waals surface area contributed by atoms with Crippen LogP contribution in [0.1, 0.15) is 36.8 Å². The van der Waals surface area contributed by atoms with Crippen molar-refractivity contribution in [2.45, 2.75) is 25.7 Å². The van der Waals surface area contributed by atoms with Crippen LogP contribution in [0.25, 0.3) is 43.6 Å². The number of hydrogen-bond acceptors (Lipinski definition) is 10. The van der Waals surface area contributed by atoms with E-state index in [9.17, 15) is 10.5 Å². The van der Waals surface area contributed by atoms with E-state index in [-0.39, 0.29) is 0 Å². The predicted molar refractivity (Wildman–Crippen MR) is 241 cm³/mol. The molecule has 0 spiro atoms. The summed E-state index contributed by atoms with van der Waals surface area (Å²) in [5.74, 6) is 5.02. The quantitative estimate of drug-likeness (QED) is 0.137. The Morgan fingerprint density at radius 1 is 0.565 bits per heavy atom. The molecule has 312 valence electrons. The van der Waals surface area contributed by atoms with Crippen LogP contribution in [-0.4, -0.2) is 83.2 Å². The molecule has 8 aromatic rings. The third-order valence-corrected chi connectivity index (χ3v) is 12.0. The Hall–Kier alpha value is -7.12. The minimum atomic E-state index is 0.499. The summed E-state index contributed by atoms with van der Waals surface area (Å²) in [6.07, 6.45) is 11.7. The van der Waals surface area contributed by atoms with E-state index < -0.39 is 0 Å². The van der Waals surface area contributed by atoms with Gasteiger partial charge in [-0.15, -0.1) is 0 Å². The van der Waals surface area contributed by atoms with E-state index in [4.69, 9.17) is 18.9 Å². The van der Waals surface area contributed by atoms with Gasteiger partial charge in [0.2, 0.25) is 0 Å². The zero-order chi connectivity index (χ0) is 42.4. The predicted octanol–water partition coefficient (Wildman–Crippen LogP) is 10.2. The second kappa shape index (κ2) is 18.2. The van der Waals surface area contributed by atoms with Crippen LogP contribution >= 0.6 is 0 Å². The number of H-pyrrole nitrogens is 2. The SMILES string of the molecule is CN1CCC(COc2cc3nccc(Oc4ccc5[nH]ccc5c4)c3cc2C#N)CC1.CN1CCC(COc2cc3nccc(Oc4ccc5[nH]ccc5c4)c3cc2C#N)CC1. The molecule has 0 aliphatic carbocycles. The van der Waals surface area contributed by atoms with Gasteiger partial charge in [0.15, 0.2) is 0 Å². The van der Waals surface area contributed by atoms with Gasteiger partial charge in [0.1, 0.15) is 46.6 Å². The van der Waals surface area contributed by atoms with Crippen molar-refractivity contribution in [1.29, 1.82) is 10.5 Å². The van der Waals surface area contributed by atoms with Gasteiger partial charge < -0.3 is 38.7 Å². The maximum absolute atomic E-state index is 9.72. The number of aromatic amines is 2. The third kappa shape index (κ3) is 9.13. The monoisotopic (exact) mass is 824 g/mol. The van der Waals surface area contributed by atoms with Gasteiger partial charge in [-0.25, -0.2) is 0 Å². The van der Waals surface area contributed by atoms with Crippen molar-refractivity contribution in [3.63, 3.8) is 0 Å². The number of benzene rings is 4. The van der Waals surface area contributed by atoms with Crippen molar-refractivity contribution in [3.05, 3.63) is 121 Å². The number of hydrogen-bond donors (Lipinski definition) is 2. The average Bonchev–Trinajstić information content (AvgIpc) is 3.98. The number of ether oxygens (including phenoxy) is 4. The first-order valence-electron chi connectivity index (χ1n) is 21.2. The fourth-order valence-electron chi connectivity index (χ4n) is 8.20. The van der Waals surface area contributed by atoms with Crippen molar-refractivity contribution < 1.29 is 18.9 Å². The highest BCUT2D eigenvalue weighted by Gasteiger charge is 2.20. The molecule has 0 bridgehead atoms. The number of piperidine rings is 2. The number of rotatable bonds is 10. The fourth-order valence-corrected chi connectivity index (χ4v) is 8.20. The van der Waals surface area contributed by atoms with Crippen LogP contribution in [0.3, 0.4) is 0 Å². The average molecular weight is 825 g/mol. The molecular formula is C50H48N8O4. The largest absolute Gasteiger partial charge is 0.492 e. The molecule has 2 aliphatic heterocycles. The summed E-state index contributed by atoms with van der Waals surface area (Å²) >= 11 is 0. The first kappa shape index (κ1) is 40.3. The Bertz CT molecular complexity index is 2730. The summed E-state index contributed by atoms with van der Waals surface area (Å²) in [4.78, 5) is 20.0. The molecule has 6 heterocycles. The minimum absolute atomic E-state index is 0.499. The minimum Gasteiger partial charge on any atom is -0.492 e. The highest BCUT2D eigenvalue weighted by atomic mass is 16.5. The second-order valence-electron chi connectivity index (χ2n) is 16.3. The van der Waals surface area contributed by atoms with Gasteiger partial charge in [-0.2, -0.15) is 10.5 Å². The van der Waals surface area contributed by atoms with Gasteiger partial charge in [0.05, 0.1) is 35.4 Å². The van der Waals surface area contributed by atoms with Crippen molar-refractivity contribution in [2.75, 3.05) is 53.5 Å². The first-order valence-corrected chi connectivity index (χ1v) is 21.2. The van der Waals surface area contributed by atoms with Crippen LogP contribution in [-0.2, 0) is 0 Å². The smallest absolute Gasteiger partial charge is 0.139 e. The normalized spacial score (nSPS) is 15.2. The molecule has 10 rings (SSSR count). The fraction of sp³-hybridized carbons (Fsp3) is 0.280. The molecule has 12 heteroatoms. The lowest BCUT2D eigenvalue weighted by molar-refractivity contribution is 0.160. The molecule has 62 heavy (non-hydrogen) atoms. The van der Waals surface area contributed by atoms with Gasteiger partial charge in [-0.3, -0.25) is 9.97 Å². The van der Waals surface area contributed by atoms with Crippen LogP contribution in [0, 0.1) is 34.5 Å². The van der Waals surface area contributed by atoms with Crippen molar-refractivity contribution >= 4 is 43.6 Å². The maximum Gasteiger partial charge on any atom is 0.139 e. The Labute approximate surface area is 360 Å². The Morgan fingerprint density at radius 2 is 1.00 bits per heavy atom. The van der Waals surface area contributed by atoms with E-state index >= 15 is 0 Å². The first-order chi connectivity index (χ1) is 30.4. The summed E-state index contributed by atoms with van der Waals surface area (Å²) in [5, 5.41) is 23.2. The molecule has 2 saturated heterocycles. The van der Waals surface area contributed by atoms with E-state index in [2.05, 4.69) is 56.0 Å². The number of aromatic nitrogens is 4. The maximum atomic E-state index is 9.72. The van der Waals surface area contributed by atoms with Gasteiger partial charge in [-0.1, -0.05) is 0 Å². The standard InChI is InChI=1S/2C25H24N4O2/c2*1-29-10-6-17(7-11-29)16-30-25-14-23-21(13-19(25)15-26)24(5-9-28-23)31-20-2-3-22-18(12-20)4-8-27-22/h2*2-5,8-9,12-14,17,27H,6-7,10-11,16H2,1H3. The zero-order valence-corrected chi connectivity index (χ0v) is 34.9. The lowest BCUT2D eigenvalue weighted by atomic mass is 9.98. The van der Waals surface area contributed by atoms with E-state index in [0.717, 1.165) is 107 Å². The molecular weight excluding hydrogens is 777 g/mol. The molecule has 4 aromatic heterocycles. The molecule has 4 aromatic carbocycles. The number of likely N-dealkylation sites (tertiary alicyclic amines) is 2. The summed E-state index contributed by atoms with van der Waals surface area (Å²) in [6.45, 7) is 5.62. The number of fused-ring (bicyclic) bond motifs is 4. The molecule has 0 unspecified atom stereocenters. The Morgan fingerprint density at radius 3 is 1.42 bits per heavy atom.